The molecule has 2 aromatic carbocycles. The zero-order valence-electron chi connectivity index (χ0n) is 13.8. The minimum atomic E-state index is -0.283. The van der Waals surface area contributed by atoms with Crippen molar-refractivity contribution in [2.24, 2.45) is 0 Å². The standard InChI is InChI=1S/C19H15N3O2S/c1-12-7-3-5-9-15(12)22(18(23)16-11-13(2)21-24-16)19-20-14-8-4-6-10-17(14)25-19/h3-11H,1-2H3. The molecule has 0 aliphatic rings. The topological polar surface area (TPSA) is 59.2 Å². The molecule has 0 atom stereocenters. The average Bonchev–Trinajstić information content (AvgIpc) is 3.22. The van der Waals surface area contributed by atoms with E-state index in [0.29, 0.717) is 10.8 Å². The number of carbonyl (C=O) groups is 1. The van der Waals surface area contributed by atoms with E-state index >= 15 is 0 Å². The Morgan fingerprint density at radius 2 is 1.84 bits per heavy atom. The maximum Gasteiger partial charge on any atom is 0.303 e. The van der Waals surface area contributed by atoms with E-state index in [9.17, 15) is 4.79 Å². The van der Waals surface area contributed by atoms with Crippen LogP contribution >= 0.6 is 11.3 Å². The first kappa shape index (κ1) is 15.5. The maximum atomic E-state index is 13.1. The number of anilines is 2. The molecule has 0 saturated carbocycles. The molecule has 5 nitrogen and oxygen atoms in total. The van der Waals surface area contributed by atoms with Crippen molar-refractivity contribution >= 4 is 38.3 Å². The summed E-state index contributed by atoms with van der Waals surface area (Å²) >= 11 is 1.47. The van der Waals surface area contributed by atoms with Crippen LogP contribution in [-0.2, 0) is 0 Å². The molecule has 0 aliphatic heterocycles. The SMILES string of the molecule is Cc1cc(C(=O)N(c2nc3ccccc3s2)c2ccccc2C)on1. The molecule has 0 N–H and O–H groups in total. The number of aromatic nitrogens is 2. The van der Waals surface area contributed by atoms with Crippen molar-refractivity contribution < 1.29 is 9.32 Å². The van der Waals surface area contributed by atoms with Gasteiger partial charge in [-0.3, -0.25) is 4.79 Å². The summed E-state index contributed by atoms with van der Waals surface area (Å²) in [5.74, 6) is -0.0889. The van der Waals surface area contributed by atoms with Gasteiger partial charge in [0.05, 0.1) is 21.6 Å². The number of rotatable bonds is 3. The number of fused-ring (bicyclic) bond motifs is 1. The number of aryl methyl sites for hydroxylation is 2. The number of thiazole rings is 1. The molecule has 0 radical (unpaired) electrons. The molecule has 2 heterocycles. The van der Waals surface area contributed by atoms with Crippen molar-refractivity contribution in [2.45, 2.75) is 13.8 Å². The van der Waals surface area contributed by atoms with Gasteiger partial charge < -0.3 is 4.52 Å². The molecule has 0 bridgehead atoms. The van der Waals surface area contributed by atoms with Gasteiger partial charge in [0.1, 0.15) is 0 Å². The van der Waals surface area contributed by atoms with Crippen LogP contribution in [0.4, 0.5) is 10.8 Å². The highest BCUT2D eigenvalue weighted by Crippen LogP contribution is 2.35. The van der Waals surface area contributed by atoms with Gasteiger partial charge in [0.2, 0.25) is 5.76 Å². The molecule has 25 heavy (non-hydrogen) atoms. The Balaban J connectivity index is 1.89. The first-order chi connectivity index (χ1) is 12.1. The Labute approximate surface area is 148 Å². The van der Waals surface area contributed by atoms with Crippen molar-refractivity contribution in [3.8, 4) is 0 Å². The van der Waals surface area contributed by atoms with E-state index in [0.717, 1.165) is 21.5 Å². The zero-order valence-corrected chi connectivity index (χ0v) is 14.6. The number of nitrogens with zero attached hydrogens (tertiary/aromatic N) is 3. The normalized spacial score (nSPS) is 11.0. The van der Waals surface area contributed by atoms with E-state index in [1.54, 1.807) is 17.9 Å². The molecule has 0 spiro atoms. The number of benzene rings is 2. The third kappa shape index (κ3) is 2.81. The maximum absolute atomic E-state index is 13.1. The highest BCUT2D eigenvalue weighted by atomic mass is 32.1. The van der Waals surface area contributed by atoms with Crippen LogP contribution in [0.3, 0.4) is 0 Å². The predicted molar refractivity (Wildman–Crippen MR) is 98.5 cm³/mol. The smallest absolute Gasteiger partial charge is 0.303 e. The second-order valence-electron chi connectivity index (χ2n) is 5.72. The van der Waals surface area contributed by atoms with Gasteiger partial charge in [-0.05, 0) is 37.6 Å². The number of amides is 1. The summed E-state index contributed by atoms with van der Waals surface area (Å²) in [5.41, 5.74) is 3.28. The molecule has 1 amide bonds. The van der Waals surface area contributed by atoms with E-state index in [4.69, 9.17) is 4.52 Å². The Hall–Kier alpha value is -2.99. The fraction of sp³-hybridized carbons (Fsp3) is 0.105. The summed E-state index contributed by atoms with van der Waals surface area (Å²) in [5, 5.41) is 4.44. The van der Waals surface area contributed by atoms with Crippen molar-refractivity contribution in [3.63, 3.8) is 0 Å². The quantitative estimate of drug-likeness (QED) is 0.529. The Bertz CT molecular complexity index is 1030. The van der Waals surface area contributed by atoms with Gasteiger partial charge in [0.15, 0.2) is 5.13 Å². The van der Waals surface area contributed by atoms with Gasteiger partial charge in [-0.15, -0.1) is 0 Å². The van der Waals surface area contributed by atoms with Crippen LogP contribution in [0.25, 0.3) is 10.2 Å². The Kier molecular flexibility index (Phi) is 3.82. The lowest BCUT2D eigenvalue weighted by Gasteiger charge is -2.20. The van der Waals surface area contributed by atoms with Crippen LogP contribution in [0, 0.1) is 13.8 Å². The lowest BCUT2D eigenvalue weighted by molar-refractivity contribution is 0.0964. The summed E-state index contributed by atoms with van der Waals surface area (Å²) in [6, 6.07) is 17.2. The molecule has 0 unspecified atom stereocenters. The molecule has 0 aliphatic carbocycles. The summed E-state index contributed by atoms with van der Waals surface area (Å²) < 4.78 is 6.23. The number of carbonyl (C=O) groups excluding carboxylic acids is 1. The summed E-state index contributed by atoms with van der Waals surface area (Å²) in [4.78, 5) is 19.4. The lowest BCUT2D eigenvalue weighted by atomic mass is 10.2. The minimum absolute atomic E-state index is 0.194. The van der Waals surface area contributed by atoms with Gasteiger partial charge >= 0.3 is 5.91 Å². The van der Waals surface area contributed by atoms with Crippen LogP contribution in [0.5, 0.6) is 0 Å². The lowest BCUT2D eigenvalue weighted by Crippen LogP contribution is -2.26. The Morgan fingerprint density at radius 1 is 1.08 bits per heavy atom. The van der Waals surface area contributed by atoms with Crippen molar-refractivity contribution in [1.29, 1.82) is 0 Å². The van der Waals surface area contributed by atoms with Crippen molar-refractivity contribution in [1.82, 2.24) is 10.1 Å². The third-order valence-electron chi connectivity index (χ3n) is 3.87. The molecule has 0 saturated heterocycles. The Morgan fingerprint density at radius 3 is 2.56 bits per heavy atom. The van der Waals surface area contributed by atoms with E-state index in [2.05, 4.69) is 10.1 Å². The van der Waals surface area contributed by atoms with E-state index in [1.807, 2.05) is 55.5 Å². The summed E-state index contributed by atoms with van der Waals surface area (Å²) in [7, 11) is 0. The second kappa shape index (κ2) is 6.14. The van der Waals surface area contributed by atoms with Gasteiger partial charge in [0, 0.05) is 6.07 Å². The third-order valence-corrected chi connectivity index (χ3v) is 4.89. The largest absolute Gasteiger partial charge is 0.351 e. The number of hydrogen-bond acceptors (Lipinski definition) is 5. The number of para-hydroxylation sites is 2. The highest BCUT2D eigenvalue weighted by molar-refractivity contribution is 7.22. The monoisotopic (exact) mass is 349 g/mol. The van der Waals surface area contributed by atoms with Gasteiger partial charge in [0.25, 0.3) is 0 Å². The molecular weight excluding hydrogens is 334 g/mol. The fourth-order valence-electron chi connectivity index (χ4n) is 2.64. The average molecular weight is 349 g/mol. The van der Waals surface area contributed by atoms with Gasteiger partial charge in [-0.25, -0.2) is 9.88 Å². The molecule has 2 aromatic heterocycles. The summed E-state index contributed by atoms with van der Waals surface area (Å²) in [6.45, 7) is 3.75. The molecule has 0 fully saturated rings. The molecular formula is C19H15N3O2S. The fourth-order valence-corrected chi connectivity index (χ4v) is 3.62. The number of hydrogen-bond donors (Lipinski definition) is 0. The van der Waals surface area contributed by atoms with E-state index < -0.39 is 0 Å². The van der Waals surface area contributed by atoms with Gasteiger partial charge in [-0.1, -0.05) is 46.8 Å². The van der Waals surface area contributed by atoms with Crippen LogP contribution in [0.2, 0.25) is 0 Å². The molecule has 124 valence electrons. The first-order valence-corrected chi connectivity index (χ1v) is 8.64. The van der Waals surface area contributed by atoms with Crippen molar-refractivity contribution in [3.05, 3.63) is 71.6 Å². The molecule has 4 aromatic rings. The minimum Gasteiger partial charge on any atom is -0.351 e. The van der Waals surface area contributed by atoms with Crippen molar-refractivity contribution in [2.75, 3.05) is 4.90 Å². The van der Waals surface area contributed by atoms with Crippen LogP contribution in [0.15, 0.2) is 59.1 Å². The van der Waals surface area contributed by atoms with Crippen LogP contribution in [0.1, 0.15) is 21.8 Å². The molecule has 4 rings (SSSR count). The second-order valence-corrected chi connectivity index (χ2v) is 6.73. The first-order valence-electron chi connectivity index (χ1n) is 7.82. The van der Waals surface area contributed by atoms with E-state index in [1.165, 1.54) is 11.3 Å². The predicted octanol–water partition coefficient (Wildman–Crippen LogP) is 4.88. The van der Waals surface area contributed by atoms with Crippen LogP contribution in [-0.4, -0.2) is 16.0 Å². The van der Waals surface area contributed by atoms with E-state index in [-0.39, 0.29) is 11.7 Å². The zero-order chi connectivity index (χ0) is 17.4. The van der Waals surface area contributed by atoms with Crippen LogP contribution < -0.4 is 4.90 Å². The highest BCUT2D eigenvalue weighted by Gasteiger charge is 2.27. The van der Waals surface area contributed by atoms with Gasteiger partial charge in [-0.2, -0.15) is 0 Å². The summed E-state index contributed by atoms with van der Waals surface area (Å²) in [6.07, 6.45) is 0. The molecule has 6 heteroatoms.